The highest BCUT2D eigenvalue weighted by molar-refractivity contribution is 5.97. The van der Waals surface area contributed by atoms with Gasteiger partial charge in [-0.25, -0.2) is 4.79 Å². The Morgan fingerprint density at radius 3 is 2.22 bits per heavy atom. The first-order valence-electron chi connectivity index (χ1n) is 11.0. The van der Waals surface area contributed by atoms with E-state index in [0.29, 0.717) is 11.3 Å². The molecule has 0 fully saturated rings. The highest BCUT2D eigenvalue weighted by Gasteiger charge is 2.32. The minimum absolute atomic E-state index is 0.0174. The smallest absolute Gasteiger partial charge is 0.416 e. The van der Waals surface area contributed by atoms with Gasteiger partial charge in [-0.3, -0.25) is 4.57 Å². The number of carboxylic acids is 1. The zero-order valence-corrected chi connectivity index (χ0v) is 20.0. The van der Waals surface area contributed by atoms with Crippen molar-refractivity contribution in [3.05, 3.63) is 82.4 Å². The number of aliphatic carboxylic acids is 1. The fraction of sp³-hybridized carbons (Fsp3) is 0.148. The van der Waals surface area contributed by atoms with Crippen molar-refractivity contribution in [3.63, 3.8) is 0 Å². The number of phenols is 1. The molecule has 3 aromatic carbocycles. The Morgan fingerprint density at radius 1 is 0.946 bits per heavy atom. The van der Waals surface area contributed by atoms with E-state index in [1.165, 1.54) is 41.8 Å². The summed E-state index contributed by atoms with van der Waals surface area (Å²) in [6, 6.07) is 12.6. The summed E-state index contributed by atoms with van der Waals surface area (Å²) in [5, 5.41) is 38.7. The summed E-state index contributed by atoms with van der Waals surface area (Å²) in [7, 11) is 0. The number of aryl methyl sites for hydroxylation is 2. The third-order valence-corrected chi connectivity index (χ3v) is 5.69. The number of halogens is 3. The first kappa shape index (κ1) is 25.5. The van der Waals surface area contributed by atoms with Crippen LogP contribution in [0.4, 0.5) is 24.5 Å². The largest absolute Gasteiger partial charge is 0.506 e. The summed E-state index contributed by atoms with van der Waals surface area (Å²) in [5.41, 5.74) is 1.78. The monoisotopic (exact) mass is 509 g/mol. The van der Waals surface area contributed by atoms with E-state index in [1.54, 1.807) is 12.1 Å². The summed E-state index contributed by atoms with van der Waals surface area (Å²) < 4.78 is 41.7. The average Bonchev–Trinajstić information content (AvgIpc) is 3.07. The Balaban J connectivity index is 1.86. The zero-order chi connectivity index (χ0) is 27.1. The Hall–Kier alpha value is -4.60. The molecule has 0 amide bonds. The molecule has 0 radical (unpaired) electrons. The number of azo groups is 1. The predicted octanol–water partition coefficient (Wildman–Crippen LogP) is 7.58. The Morgan fingerprint density at radius 2 is 1.62 bits per heavy atom. The maximum atomic E-state index is 13.5. The predicted molar refractivity (Wildman–Crippen MR) is 133 cm³/mol. The Kier molecular flexibility index (Phi) is 6.51. The molecule has 0 unspecified atom stereocenters. The lowest BCUT2D eigenvalue weighted by Gasteiger charge is -2.11. The van der Waals surface area contributed by atoms with Crippen LogP contribution >= 0.6 is 0 Å². The molecule has 37 heavy (non-hydrogen) atoms. The zero-order valence-electron chi connectivity index (χ0n) is 20.0. The minimum atomic E-state index is -4.59. The normalized spacial score (nSPS) is 12.5. The van der Waals surface area contributed by atoms with Gasteiger partial charge in [0.1, 0.15) is 11.4 Å². The van der Waals surface area contributed by atoms with Gasteiger partial charge in [0.05, 0.1) is 11.1 Å². The van der Waals surface area contributed by atoms with E-state index in [9.17, 15) is 28.2 Å². The molecule has 0 spiro atoms. The third-order valence-electron chi connectivity index (χ3n) is 5.69. The fourth-order valence-corrected chi connectivity index (χ4v) is 4.00. The van der Waals surface area contributed by atoms with Gasteiger partial charge in [0.15, 0.2) is 5.69 Å². The van der Waals surface area contributed by atoms with Crippen molar-refractivity contribution >= 4 is 34.3 Å². The molecule has 4 aromatic rings. The molecule has 0 bridgehead atoms. The van der Waals surface area contributed by atoms with E-state index >= 15 is 0 Å². The highest BCUT2D eigenvalue weighted by atomic mass is 19.4. The first-order valence-corrected chi connectivity index (χ1v) is 11.0. The van der Waals surface area contributed by atoms with Crippen LogP contribution in [0.25, 0.3) is 22.7 Å². The van der Waals surface area contributed by atoms with E-state index in [2.05, 4.69) is 10.2 Å². The molecule has 190 valence electrons. The fourth-order valence-electron chi connectivity index (χ4n) is 4.00. The topological polar surface area (TPSA) is 107 Å². The van der Waals surface area contributed by atoms with E-state index in [4.69, 9.17) is 5.11 Å². The SMILES string of the molecule is C/C(=C\c1ccc(N=Nc2c(O)n(-c3cc(C)cc(C)c3)c3cc(C(F)(F)F)ccc23)c(O)c1)C(=O)O. The number of aromatic nitrogens is 1. The number of aromatic hydroxyl groups is 2. The molecule has 4 rings (SSSR count). The molecular formula is C27H22F3N3O4. The van der Waals surface area contributed by atoms with Gasteiger partial charge < -0.3 is 15.3 Å². The number of carboxylic acid groups (broad SMARTS) is 1. The quantitative estimate of drug-likeness (QED) is 0.190. The average molecular weight is 509 g/mol. The van der Waals surface area contributed by atoms with Crippen molar-refractivity contribution in [1.82, 2.24) is 4.57 Å². The van der Waals surface area contributed by atoms with Crippen LogP contribution in [0.3, 0.4) is 0 Å². The van der Waals surface area contributed by atoms with E-state index < -0.39 is 23.6 Å². The Bertz CT molecular complexity index is 1580. The molecule has 0 aliphatic heterocycles. The van der Waals surface area contributed by atoms with Crippen LogP contribution in [0.15, 0.2) is 70.4 Å². The molecule has 10 heteroatoms. The van der Waals surface area contributed by atoms with Gasteiger partial charge in [0.2, 0.25) is 5.88 Å². The molecule has 0 aliphatic carbocycles. The number of alkyl halides is 3. The van der Waals surface area contributed by atoms with Crippen molar-refractivity contribution in [1.29, 1.82) is 0 Å². The van der Waals surface area contributed by atoms with Gasteiger partial charge >= 0.3 is 12.1 Å². The molecule has 0 saturated carbocycles. The second kappa shape index (κ2) is 9.45. The van der Waals surface area contributed by atoms with Gasteiger partial charge in [-0.2, -0.15) is 13.2 Å². The van der Waals surface area contributed by atoms with Crippen molar-refractivity contribution in [3.8, 4) is 17.3 Å². The lowest BCUT2D eigenvalue weighted by Crippen LogP contribution is -2.05. The van der Waals surface area contributed by atoms with Crippen LogP contribution in [0, 0.1) is 13.8 Å². The summed E-state index contributed by atoms with van der Waals surface area (Å²) in [4.78, 5) is 11.0. The second-order valence-corrected chi connectivity index (χ2v) is 8.66. The number of hydrogen-bond acceptors (Lipinski definition) is 5. The van der Waals surface area contributed by atoms with Crippen molar-refractivity contribution in [2.75, 3.05) is 0 Å². The summed E-state index contributed by atoms with van der Waals surface area (Å²) in [5.74, 6) is -1.82. The van der Waals surface area contributed by atoms with Gasteiger partial charge in [0, 0.05) is 16.6 Å². The van der Waals surface area contributed by atoms with Gasteiger partial charge in [-0.1, -0.05) is 12.1 Å². The molecule has 0 aliphatic rings. The van der Waals surface area contributed by atoms with Crippen molar-refractivity contribution in [2.24, 2.45) is 10.2 Å². The molecule has 3 N–H and O–H groups in total. The van der Waals surface area contributed by atoms with Crippen LogP contribution in [0.2, 0.25) is 0 Å². The molecular weight excluding hydrogens is 487 g/mol. The van der Waals surface area contributed by atoms with Crippen molar-refractivity contribution < 1.29 is 33.3 Å². The molecule has 1 heterocycles. The summed E-state index contributed by atoms with van der Waals surface area (Å²) in [6.07, 6.45) is -3.23. The standard InChI is InChI=1S/C27H22F3N3O4/c1-14-8-15(2)10-19(9-14)33-22-13-18(27(28,29)30)5-6-20(22)24(25(33)35)32-31-21-7-4-17(12-23(21)34)11-16(3)26(36)37/h4-13,34-35H,1-3H3,(H,36,37)/b16-11+,32-31?. The third kappa shape index (κ3) is 5.18. The molecule has 0 atom stereocenters. The van der Waals surface area contributed by atoms with Crippen LogP contribution in [0.1, 0.15) is 29.2 Å². The minimum Gasteiger partial charge on any atom is -0.506 e. The maximum Gasteiger partial charge on any atom is 0.416 e. The maximum absolute atomic E-state index is 13.5. The number of hydrogen-bond donors (Lipinski definition) is 3. The first-order chi connectivity index (χ1) is 17.3. The van der Waals surface area contributed by atoms with Crippen LogP contribution in [-0.4, -0.2) is 25.9 Å². The number of phenolic OH excluding ortho intramolecular Hbond substituents is 1. The van der Waals surface area contributed by atoms with Crippen molar-refractivity contribution in [2.45, 2.75) is 26.9 Å². The Labute approximate surface area is 209 Å². The summed E-state index contributed by atoms with van der Waals surface area (Å²) >= 11 is 0. The lowest BCUT2D eigenvalue weighted by atomic mass is 10.1. The number of benzene rings is 3. The van der Waals surface area contributed by atoms with Crippen LogP contribution in [-0.2, 0) is 11.0 Å². The van der Waals surface area contributed by atoms with Gasteiger partial charge in [0.25, 0.3) is 0 Å². The van der Waals surface area contributed by atoms with Gasteiger partial charge in [-0.05, 0) is 86.0 Å². The lowest BCUT2D eigenvalue weighted by molar-refractivity contribution is -0.137. The molecule has 7 nitrogen and oxygen atoms in total. The molecule has 1 aromatic heterocycles. The van der Waals surface area contributed by atoms with Gasteiger partial charge in [-0.15, -0.1) is 10.2 Å². The number of fused-ring (bicyclic) bond motifs is 1. The van der Waals surface area contributed by atoms with E-state index in [-0.39, 0.29) is 33.6 Å². The van der Waals surface area contributed by atoms with Crippen LogP contribution < -0.4 is 0 Å². The summed E-state index contributed by atoms with van der Waals surface area (Å²) in [6.45, 7) is 5.08. The number of nitrogens with zero attached hydrogens (tertiary/aromatic N) is 3. The van der Waals surface area contributed by atoms with Crippen LogP contribution in [0.5, 0.6) is 11.6 Å². The molecule has 0 saturated heterocycles. The van der Waals surface area contributed by atoms with E-state index in [1.807, 2.05) is 19.9 Å². The number of carbonyl (C=O) groups is 1. The number of rotatable bonds is 5. The van der Waals surface area contributed by atoms with E-state index in [0.717, 1.165) is 23.3 Å². The second-order valence-electron chi connectivity index (χ2n) is 8.66. The highest BCUT2D eigenvalue weighted by Crippen LogP contribution is 2.44.